The Morgan fingerprint density at radius 1 is 0.950 bits per heavy atom. The number of benzene rings is 1. The summed E-state index contributed by atoms with van der Waals surface area (Å²) in [4.78, 5) is 52.4. The Labute approximate surface area is 114 Å². The molecule has 1 aromatic carbocycles. The van der Waals surface area contributed by atoms with Crippen LogP contribution in [0.25, 0.3) is 0 Å². The van der Waals surface area contributed by atoms with Crippen molar-refractivity contribution in [3.8, 4) is 5.75 Å². The Balaban J connectivity index is 3.69. The third-order valence-electron chi connectivity index (χ3n) is 2.47. The van der Waals surface area contributed by atoms with E-state index in [1.54, 1.807) is 0 Å². The van der Waals surface area contributed by atoms with E-state index in [0.29, 0.717) is 0 Å². The maximum Gasteiger partial charge on any atom is 0.524 e. The third-order valence-corrected chi connectivity index (χ3v) is 2.90. The number of phosphoric acid groups is 1. The predicted molar refractivity (Wildman–Crippen MR) is 69.1 cm³/mol. The Bertz CT molecular complexity index is 641. The quantitative estimate of drug-likeness (QED) is 0.628. The number of rotatable bonds is 5. The van der Waals surface area contributed by atoms with Crippen molar-refractivity contribution in [1.29, 1.82) is 0 Å². The number of hydrogen-bond donors (Lipinski definition) is 2. The van der Waals surface area contributed by atoms with Gasteiger partial charge in [0, 0.05) is 11.1 Å². The Kier molecular flexibility index (Phi) is 4.60. The van der Waals surface area contributed by atoms with Crippen LogP contribution in [0, 0.1) is 0 Å². The molecule has 8 heteroatoms. The van der Waals surface area contributed by atoms with Crippen molar-refractivity contribution in [3.63, 3.8) is 0 Å². The van der Waals surface area contributed by atoms with Crippen LogP contribution in [0.5, 0.6) is 5.75 Å². The summed E-state index contributed by atoms with van der Waals surface area (Å²) >= 11 is 0. The molecule has 0 aliphatic carbocycles. The van der Waals surface area contributed by atoms with E-state index in [1.165, 1.54) is 13.0 Å². The molecule has 0 atom stereocenters. The first-order valence-corrected chi connectivity index (χ1v) is 7.02. The molecule has 0 spiro atoms. The lowest BCUT2D eigenvalue weighted by molar-refractivity contribution is 0.0966. The first-order chi connectivity index (χ1) is 9.04. The van der Waals surface area contributed by atoms with Crippen molar-refractivity contribution >= 4 is 25.2 Å². The second-order valence-electron chi connectivity index (χ2n) is 4.11. The van der Waals surface area contributed by atoms with Gasteiger partial charge in [-0.2, -0.15) is 0 Å². The molecule has 1 aromatic rings. The molecule has 0 fully saturated rings. The van der Waals surface area contributed by atoms with Crippen LogP contribution in [0.1, 0.15) is 51.8 Å². The van der Waals surface area contributed by atoms with E-state index in [4.69, 9.17) is 9.79 Å². The van der Waals surface area contributed by atoms with Crippen molar-refractivity contribution in [2.75, 3.05) is 0 Å². The number of ketones is 3. The summed E-state index contributed by atoms with van der Waals surface area (Å²) in [5.41, 5.74) is -0.509. The van der Waals surface area contributed by atoms with Gasteiger partial charge in [-0.05, 0) is 32.9 Å². The Hall–Kier alpha value is -1.82. The molecule has 0 amide bonds. The van der Waals surface area contributed by atoms with Crippen molar-refractivity contribution in [2.24, 2.45) is 0 Å². The van der Waals surface area contributed by atoms with Gasteiger partial charge in [0.25, 0.3) is 0 Å². The molecular formula is C12H13O7P. The monoisotopic (exact) mass is 300 g/mol. The molecule has 0 aliphatic rings. The molecule has 20 heavy (non-hydrogen) atoms. The highest BCUT2D eigenvalue weighted by molar-refractivity contribution is 7.46. The number of carbonyl (C=O) groups is 3. The van der Waals surface area contributed by atoms with Gasteiger partial charge in [-0.15, -0.1) is 0 Å². The molecule has 0 aromatic heterocycles. The predicted octanol–water partition coefficient (Wildman–Crippen LogP) is 1.77. The van der Waals surface area contributed by atoms with Crippen molar-refractivity contribution < 1.29 is 33.3 Å². The minimum absolute atomic E-state index is 0.000705. The number of carbonyl (C=O) groups excluding carboxylic acids is 3. The van der Waals surface area contributed by atoms with E-state index >= 15 is 0 Å². The van der Waals surface area contributed by atoms with Crippen molar-refractivity contribution in [1.82, 2.24) is 0 Å². The fourth-order valence-electron chi connectivity index (χ4n) is 1.80. The van der Waals surface area contributed by atoms with Crippen LogP contribution >= 0.6 is 7.82 Å². The molecule has 2 N–H and O–H groups in total. The normalized spacial score (nSPS) is 11.1. The minimum atomic E-state index is -4.89. The number of phosphoric ester groups is 1. The Morgan fingerprint density at radius 3 is 1.80 bits per heavy atom. The SMILES string of the molecule is CC(=O)c1ccc(OP(=O)(O)O)c(C(C)=O)c1C(C)=O. The highest BCUT2D eigenvalue weighted by atomic mass is 31.2. The highest BCUT2D eigenvalue weighted by Crippen LogP contribution is 2.40. The van der Waals surface area contributed by atoms with Crippen LogP contribution in [0.3, 0.4) is 0 Å². The van der Waals surface area contributed by atoms with E-state index in [-0.39, 0.29) is 16.7 Å². The lowest BCUT2D eigenvalue weighted by Crippen LogP contribution is -2.12. The summed E-state index contributed by atoms with van der Waals surface area (Å²) in [6.45, 7) is 3.48. The van der Waals surface area contributed by atoms with Crippen LogP contribution in [-0.4, -0.2) is 27.1 Å². The lowest BCUT2D eigenvalue weighted by Gasteiger charge is -2.15. The average molecular weight is 300 g/mol. The Morgan fingerprint density at radius 2 is 1.45 bits per heavy atom. The summed E-state index contributed by atoms with van der Waals surface area (Å²) in [5, 5.41) is 0. The zero-order valence-electron chi connectivity index (χ0n) is 11.0. The van der Waals surface area contributed by atoms with E-state index < -0.39 is 30.9 Å². The fraction of sp³-hybridized carbons (Fsp3) is 0.250. The standard InChI is InChI=1S/C12H13O7P/c1-6(13)9-4-5-10(19-20(16,17)18)12(8(3)15)11(9)7(2)14/h4-5H,1-3H3,(H2,16,17,18). The van der Waals surface area contributed by atoms with Crippen molar-refractivity contribution in [2.45, 2.75) is 20.8 Å². The van der Waals surface area contributed by atoms with Crippen LogP contribution < -0.4 is 4.52 Å². The largest absolute Gasteiger partial charge is 0.524 e. The highest BCUT2D eigenvalue weighted by Gasteiger charge is 2.26. The van der Waals surface area contributed by atoms with Gasteiger partial charge in [0.15, 0.2) is 17.3 Å². The smallest absolute Gasteiger partial charge is 0.403 e. The summed E-state index contributed by atoms with van der Waals surface area (Å²) in [6, 6.07) is 2.27. The van der Waals surface area contributed by atoms with Gasteiger partial charge in [0.2, 0.25) is 0 Å². The summed E-state index contributed by atoms with van der Waals surface area (Å²) in [5.74, 6) is -2.08. The maximum atomic E-state index is 11.7. The lowest BCUT2D eigenvalue weighted by atomic mass is 9.93. The molecule has 0 aliphatic heterocycles. The molecule has 0 saturated heterocycles. The molecule has 1 rings (SSSR count). The maximum absolute atomic E-state index is 11.7. The van der Waals surface area contributed by atoms with Gasteiger partial charge < -0.3 is 4.52 Å². The fourth-order valence-corrected chi connectivity index (χ4v) is 2.20. The van der Waals surface area contributed by atoms with Gasteiger partial charge in [0.05, 0.1) is 5.56 Å². The van der Waals surface area contributed by atoms with Gasteiger partial charge >= 0.3 is 7.82 Å². The molecule has 0 unspecified atom stereocenters. The van der Waals surface area contributed by atoms with Crippen molar-refractivity contribution in [3.05, 3.63) is 28.8 Å². The van der Waals surface area contributed by atoms with E-state index in [0.717, 1.165) is 19.9 Å². The van der Waals surface area contributed by atoms with Crippen LogP contribution in [0.15, 0.2) is 12.1 Å². The summed E-state index contributed by atoms with van der Waals surface area (Å²) < 4.78 is 15.3. The topological polar surface area (TPSA) is 118 Å². The third kappa shape index (κ3) is 3.60. The molecule has 0 heterocycles. The molecular weight excluding hydrogens is 287 g/mol. The molecule has 0 saturated carbocycles. The van der Waals surface area contributed by atoms with E-state index in [1.807, 2.05) is 0 Å². The van der Waals surface area contributed by atoms with Gasteiger partial charge in [-0.1, -0.05) is 0 Å². The van der Waals surface area contributed by atoms with E-state index in [2.05, 4.69) is 4.52 Å². The molecule has 7 nitrogen and oxygen atoms in total. The summed E-state index contributed by atoms with van der Waals surface area (Å²) in [6.07, 6.45) is 0. The summed E-state index contributed by atoms with van der Waals surface area (Å²) in [7, 11) is -4.89. The number of hydrogen-bond acceptors (Lipinski definition) is 5. The first kappa shape index (κ1) is 16.2. The molecule has 0 bridgehead atoms. The van der Waals surface area contributed by atoms with Crippen LogP contribution in [0.2, 0.25) is 0 Å². The zero-order chi connectivity index (χ0) is 15.7. The van der Waals surface area contributed by atoms with Gasteiger partial charge in [-0.25, -0.2) is 4.57 Å². The number of Topliss-reactive ketones (excluding diaryl/α,β-unsaturated/α-hetero) is 3. The molecule has 108 valence electrons. The second kappa shape index (κ2) is 5.66. The molecule has 0 radical (unpaired) electrons. The van der Waals surface area contributed by atoms with Gasteiger partial charge in [0.1, 0.15) is 5.75 Å². The second-order valence-corrected chi connectivity index (χ2v) is 5.28. The van der Waals surface area contributed by atoms with Crippen LogP contribution in [-0.2, 0) is 4.57 Å². The van der Waals surface area contributed by atoms with Crippen LogP contribution in [0.4, 0.5) is 0 Å². The zero-order valence-corrected chi connectivity index (χ0v) is 11.9. The van der Waals surface area contributed by atoms with E-state index in [9.17, 15) is 18.9 Å². The van der Waals surface area contributed by atoms with Gasteiger partial charge in [-0.3, -0.25) is 24.2 Å². The first-order valence-electron chi connectivity index (χ1n) is 5.49. The minimum Gasteiger partial charge on any atom is -0.403 e. The average Bonchev–Trinajstić information content (AvgIpc) is 2.24.